The van der Waals surface area contributed by atoms with Gasteiger partial charge in [0.15, 0.2) is 0 Å². The Kier molecular flexibility index (Phi) is 4.07. The van der Waals surface area contributed by atoms with Gasteiger partial charge in [0.25, 0.3) is 5.91 Å². The van der Waals surface area contributed by atoms with Crippen LogP contribution in [-0.4, -0.2) is 40.1 Å². The summed E-state index contributed by atoms with van der Waals surface area (Å²) in [4.78, 5) is 18.4. The van der Waals surface area contributed by atoms with E-state index in [0.717, 1.165) is 30.0 Å². The van der Waals surface area contributed by atoms with E-state index >= 15 is 0 Å². The van der Waals surface area contributed by atoms with Gasteiger partial charge in [-0.05, 0) is 61.4 Å². The number of halogens is 1. The van der Waals surface area contributed by atoms with Gasteiger partial charge in [-0.25, -0.2) is 4.39 Å². The molecular formula is C21H18FN3O3. The average Bonchev–Trinajstić information content (AvgIpc) is 3.42. The molecule has 2 aliphatic rings. The third kappa shape index (κ3) is 3.35. The number of nitrogens with zero attached hydrogens (tertiary/aromatic N) is 3. The van der Waals surface area contributed by atoms with Gasteiger partial charge in [0.1, 0.15) is 17.7 Å². The monoisotopic (exact) mass is 379 g/mol. The summed E-state index contributed by atoms with van der Waals surface area (Å²) >= 11 is 0. The maximum absolute atomic E-state index is 13.0. The molecule has 2 heterocycles. The highest BCUT2D eigenvalue weighted by Gasteiger charge is 2.33. The van der Waals surface area contributed by atoms with Crippen LogP contribution in [0.3, 0.4) is 0 Å². The molecule has 2 fully saturated rings. The van der Waals surface area contributed by atoms with Crippen LogP contribution in [0.4, 0.5) is 4.39 Å². The van der Waals surface area contributed by atoms with E-state index in [1.54, 1.807) is 4.90 Å². The van der Waals surface area contributed by atoms with Crippen molar-refractivity contribution < 1.29 is 18.4 Å². The average molecular weight is 379 g/mol. The molecule has 0 spiro atoms. The summed E-state index contributed by atoms with van der Waals surface area (Å²) in [7, 11) is 0. The molecule has 3 aromatic rings. The highest BCUT2D eigenvalue weighted by Crippen LogP contribution is 2.39. The van der Waals surface area contributed by atoms with Crippen molar-refractivity contribution >= 4 is 5.91 Å². The van der Waals surface area contributed by atoms with Crippen molar-refractivity contribution in [2.45, 2.75) is 24.9 Å². The van der Waals surface area contributed by atoms with Gasteiger partial charge in [-0.3, -0.25) is 4.79 Å². The lowest BCUT2D eigenvalue weighted by Gasteiger charge is -2.39. The number of benzene rings is 2. The smallest absolute Gasteiger partial charge is 0.254 e. The van der Waals surface area contributed by atoms with Crippen LogP contribution >= 0.6 is 0 Å². The molecule has 1 aliphatic heterocycles. The fourth-order valence-corrected chi connectivity index (χ4v) is 3.18. The second-order valence-electron chi connectivity index (χ2n) is 7.21. The summed E-state index contributed by atoms with van der Waals surface area (Å²) in [6, 6.07) is 13.1. The van der Waals surface area contributed by atoms with E-state index in [-0.39, 0.29) is 17.8 Å². The molecule has 1 aliphatic carbocycles. The van der Waals surface area contributed by atoms with Gasteiger partial charge in [0.2, 0.25) is 11.7 Å². The fourth-order valence-electron chi connectivity index (χ4n) is 3.18. The van der Waals surface area contributed by atoms with Crippen molar-refractivity contribution in [3.8, 4) is 17.1 Å². The van der Waals surface area contributed by atoms with Crippen molar-refractivity contribution in [3.05, 3.63) is 65.8 Å². The third-order valence-corrected chi connectivity index (χ3v) is 5.01. The van der Waals surface area contributed by atoms with E-state index in [9.17, 15) is 9.18 Å². The second kappa shape index (κ2) is 6.74. The van der Waals surface area contributed by atoms with Crippen LogP contribution in [0.15, 0.2) is 53.1 Å². The molecular weight excluding hydrogens is 361 g/mol. The summed E-state index contributed by atoms with van der Waals surface area (Å²) in [6.07, 6.45) is 2.19. The van der Waals surface area contributed by atoms with Gasteiger partial charge >= 0.3 is 0 Å². The Morgan fingerprint density at radius 1 is 1.07 bits per heavy atom. The Hall–Kier alpha value is -3.22. The van der Waals surface area contributed by atoms with Crippen LogP contribution in [0.25, 0.3) is 11.4 Å². The Labute approximate surface area is 160 Å². The summed E-state index contributed by atoms with van der Waals surface area (Å²) < 4.78 is 24.2. The Balaban J connectivity index is 1.16. The molecule has 0 atom stereocenters. The zero-order chi connectivity index (χ0) is 19.1. The molecule has 0 unspecified atom stereocenters. The van der Waals surface area contributed by atoms with Gasteiger partial charge in [0, 0.05) is 17.0 Å². The van der Waals surface area contributed by atoms with Crippen LogP contribution in [0.5, 0.6) is 5.75 Å². The Morgan fingerprint density at radius 2 is 1.79 bits per heavy atom. The van der Waals surface area contributed by atoms with Gasteiger partial charge in [0.05, 0.1) is 13.1 Å². The number of rotatable bonds is 5. The second-order valence-corrected chi connectivity index (χ2v) is 7.21. The van der Waals surface area contributed by atoms with Gasteiger partial charge in [-0.1, -0.05) is 5.16 Å². The minimum Gasteiger partial charge on any atom is -0.487 e. The first-order chi connectivity index (χ1) is 13.7. The molecule has 142 valence electrons. The first-order valence-corrected chi connectivity index (χ1v) is 9.31. The molecule has 0 N–H and O–H groups in total. The van der Waals surface area contributed by atoms with Gasteiger partial charge in [-0.2, -0.15) is 4.98 Å². The van der Waals surface area contributed by atoms with Crippen molar-refractivity contribution in [1.82, 2.24) is 15.0 Å². The molecule has 0 radical (unpaired) electrons. The summed E-state index contributed by atoms with van der Waals surface area (Å²) in [6.45, 7) is 1.01. The quantitative estimate of drug-likeness (QED) is 0.677. The van der Waals surface area contributed by atoms with E-state index in [1.807, 2.05) is 24.3 Å². The molecule has 7 heteroatoms. The Morgan fingerprint density at radius 3 is 2.46 bits per heavy atom. The largest absolute Gasteiger partial charge is 0.487 e. The molecule has 1 saturated carbocycles. The first kappa shape index (κ1) is 16.9. The molecule has 6 nitrogen and oxygen atoms in total. The van der Waals surface area contributed by atoms with Crippen LogP contribution in [-0.2, 0) is 0 Å². The molecule has 0 bridgehead atoms. The number of ether oxygens (including phenoxy) is 1. The molecule has 1 saturated heterocycles. The van der Waals surface area contributed by atoms with Crippen LogP contribution in [0.2, 0.25) is 0 Å². The topological polar surface area (TPSA) is 68.5 Å². The van der Waals surface area contributed by atoms with Crippen molar-refractivity contribution in [3.63, 3.8) is 0 Å². The number of aromatic nitrogens is 2. The molecule has 2 aromatic carbocycles. The first-order valence-electron chi connectivity index (χ1n) is 9.31. The van der Waals surface area contributed by atoms with Gasteiger partial charge < -0.3 is 14.2 Å². The zero-order valence-electron chi connectivity index (χ0n) is 15.0. The normalized spacial score (nSPS) is 16.7. The predicted molar refractivity (Wildman–Crippen MR) is 98.4 cm³/mol. The number of carbonyl (C=O) groups is 1. The maximum atomic E-state index is 13.0. The van der Waals surface area contributed by atoms with Crippen LogP contribution < -0.4 is 4.74 Å². The Bertz CT molecular complexity index is 990. The highest BCUT2D eigenvalue weighted by atomic mass is 19.1. The summed E-state index contributed by atoms with van der Waals surface area (Å²) in [5.74, 6) is 2.01. The van der Waals surface area contributed by atoms with E-state index < -0.39 is 0 Å². The molecule has 28 heavy (non-hydrogen) atoms. The van der Waals surface area contributed by atoms with E-state index in [1.165, 1.54) is 24.3 Å². The minimum atomic E-state index is -0.352. The van der Waals surface area contributed by atoms with Crippen molar-refractivity contribution in [2.24, 2.45) is 0 Å². The third-order valence-electron chi connectivity index (χ3n) is 5.01. The lowest BCUT2D eigenvalue weighted by molar-refractivity contribution is 0.0178. The van der Waals surface area contributed by atoms with Gasteiger partial charge in [-0.15, -0.1) is 0 Å². The number of likely N-dealkylation sites (tertiary alicyclic amines) is 1. The van der Waals surface area contributed by atoms with Crippen LogP contribution in [0, 0.1) is 5.82 Å². The van der Waals surface area contributed by atoms with Crippen molar-refractivity contribution in [2.75, 3.05) is 13.1 Å². The number of carbonyl (C=O) groups excluding carboxylic acids is 1. The molecule has 5 rings (SSSR count). The van der Waals surface area contributed by atoms with E-state index in [4.69, 9.17) is 9.26 Å². The standard InChI is InChI=1S/C21H18FN3O3/c22-16-7-3-15(4-8-16)21(26)25-11-18(12-25)27-17-9-5-13(6-10-17)19-23-20(28-24-19)14-1-2-14/h3-10,14,18H,1-2,11-12H2. The summed E-state index contributed by atoms with van der Waals surface area (Å²) in [5.41, 5.74) is 1.36. The minimum absolute atomic E-state index is 0.0538. The lowest BCUT2D eigenvalue weighted by Crippen LogP contribution is -2.56. The zero-order valence-corrected chi connectivity index (χ0v) is 15.0. The van der Waals surface area contributed by atoms with E-state index in [2.05, 4.69) is 10.1 Å². The summed E-state index contributed by atoms with van der Waals surface area (Å²) in [5, 5.41) is 4.03. The maximum Gasteiger partial charge on any atom is 0.254 e. The molecule has 1 aromatic heterocycles. The van der Waals surface area contributed by atoms with Crippen LogP contribution in [0.1, 0.15) is 35.0 Å². The fraction of sp³-hybridized carbons (Fsp3) is 0.286. The number of amides is 1. The SMILES string of the molecule is O=C(c1ccc(F)cc1)N1CC(Oc2ccc(-c3noc(C4CC4)n3)cc2)C1. The number of hydrogen-bond acceptors (Lipinski definition) is 5. The predicted octanol–water partition coefficient (Wildman–Crippen LogP) is 3.66. The molecule has 1 amide bonds. The highest BCUT2D eigenvalue weighted by molar-refractivity contribution is 5.94. The number of hydrogen-bond donors (Lipinski definition) is 0. The lowest BCUT2D eigenvalue weighted by atomic mass is 10.1. The van der Waals surface area contributed by atoms with E-state index in [0.29, 0.717) is 30.4 Å². The van der Waals surface area contributed by atoms with Crippen molar-refractivity contribution in [1.29, 1.82) is 0 Å².